The lowest BCUT2D eigenvalue weighted by Gasteiger charge is -2.16. The number of carbonyl (C=O) groups excluding carboxylic acids is 1. The highest BCUT2D eigenvalue weighted by atomic mass is 16.7. The maximum absolute atomic E-state index is 13.6. The molecular formula is C23H22N2O6. The SMILES string of the molecule is COc1cc2c3c(n(CCCCN)c(=O)c2cc1OC)-c1cc2c(cc1C3=O)OCO2. The second-order valence-electron chi connectivity index (χ2n) is 7.51. The van der Waals surface area contributed by atoms with Crippen LogP contribution < -0.4 is 30.2 Å². The Labute approximate surface area is 178 Å². The lowest BCUT2D eigenvalue weighted by molar-refractivity contribution is 0.104. The predicted octanol–water partition coefficient (Wildman–Crippen LogP) is 2.70. The molecule has 0 saturated heterocycles. The first-order valence-electron chi connectivity index (χ1n) is 10.1. The Kier molecular flexibility index (Phi) is 4.59. The molecular weight excluding hydrogens is 400 g/mol. The zero-order valence-corrected chi connectivity index (χ0v) is 17.3. The molecule has 0 saturated carbocycles. The highest BCUT2D eigenvalue weighted by molar-refractivity contribution is 6.27. The van der Waals surface area contributed by atoms with E-state index in [0.29, 0.717) is 69.2 Å². The van der Waals surface area contributed by atoms with Crippen LogP contribution in [0.25, 0.3) is 22.0 Å². The lowest BCUT2D eigenvalue weighted by Crippen LogP contribution is -2.24. The van der Waals surface area contributed by atoms with Crippen molar-refractivity contribution in [1.29, 1.82) is 0 Å². The van der Waals surface area contributed by atoms with Gasteiger partial charge in [0.2, 0.25) is 6.79 Å². The van der Waals surface area contributed by atoms with Gasteiger partial charge >= 0.3 is 0 Å². The summed E-state index contributed by atoms with van der Waals surface area (Å²) in [5.41, 5.74) is 7.71. The average Bonchev–Trinajstić information content (AvgIpc) is 3.36. The Morgan fingerprint density at radius 1 is 0.935 bits per heavy atom. The number of rotatable bonds is 6. The van der Waals surface area contributed by atoms with Gasteiger partial charge < -0.3 is 29.2 Å². The number of benzene rings is 2. The Morgan fingerprint density at radius 3 is 2.23 bits per heavy atom. The fourth-order valence-corrected chi connectivity index (χ4v) is 4.37. The Balaban J connectivity index is 1.85. The van der Waals surface area contributed by atoms with Crippen molar-refractivity contribution in [3.63, 3.8) is 0 Å². The minimum absolute atomic E-state index is 0.108. The van der Waals surface area contributed by atoms with E-state index in [0.717, 1.165) is 12.8 Å². The number of ether oxygens (including phenoxy) is 4. The van der Waals surface area contributed by atoms with Crippen LogP contribution in [0.1, 0.15) is 28.8 Å². The maximum Gasteiger partial charge on any atom is 0.259 e. The number of hydrogen-bond acceptors (Lipinski definition) is 7. The first-order valence-corrected chi connectivity index (χ1v) is 10.1. The second kappa shape index (κ2) is 7.31. The van der Waals surface area contributed by atoms with E-state index in [4.69, 9.17) is 24.7 Å². The fourth-order valence-electron chi connectivity index (χ4n) is 4.37. The highest BCUT2D eigenvalue weighted by Gasteiger charge is 2.35. The zero-order chi connectivity index (χ0) is 21.7. The fraction of sp³-hybridized carbons (Fsp3) is 0.304. The van der Waals surface area contributed by atoms with E-state index in [-0.39, 0.29) is 18.1 Å². The molecule has 1 aliphatic heterocycles. The molecule has 5 rings (SSSR count). The van der Waals surface area contributed by atoms with Gasteiger partial charge in [0.1, 0.15) is 0 Å². The van der Waals surface area contributed by atoms with Crippen molar-refractivity contribution >= 4 is 16.6 Å². The minimum Gasteiger partial charge on any atom is -0.493 e. The van der Waals surface area contributed by atoms with Crippen molar-refractivity contribution in [3.8, 4) is 34.3 Å². The van der Waals surface area contributed by atoms with Crippen LogP contribution in [0.2, 0.25) is 0 Å². The summed E-state index contributed by atoms with van der Waals surface area (Å²) in [5, 5.41) is 0.946. The normalized spacial score (nSPS) is 13.5. The topological polar surface area (TPSA) is 102 Å². The average molecular weight is 422 g/mol. The standard InChI is InChI=1S/C23H22N2O6/c1-28-16-7-12-15(10-17(16)29-2)23(27)25(6-4-3-5-24)21-13-8-18-19(31-11-30-18)9-14(13)22(26)20(12)21/h7-10H,3-6,11,24H2,1-2H3. The first-order chi connectivity index (χ1) is 15.1. The number of pyridine rings is 1. The molecule has 1 aromatic heterocycles. The Morgan fingerprint density at radius 2 is 1.58 bits per heavy atom. The summed E-state index contributed by atoms with van der Waals surface area (Å²) in [6.45, 7) is 1.09. The van der Waals surface area contributed by atoms with Gasteiger partial charge in [0.05, 0.1) is 30.9 Å². The lowest BCUT2D eigenvalue weighted by atomic mass is 10.0. The van der Waals surface area contributed by atoms with Crippen molar-refractivity contribution in [3.05, 3.63) is 45.7 Å². The molecule has 0 fully saturated rings. The molecule has 160 valence electrons. The van der Waals surface area contributed by atoms with E-state index in [1.165, 1.54) is 14.2 Å². The molecule has 8 heteroatoms. The summed E-state index contributed by atoms with van der Waals surface area (Å²) in [6.07, 6.45) is 1.49. The number of carbonyl (C=O) groups is 1. The second-order valence-corrected chi connectivity index (χ2v) is 7.51. The summed E-state index contributed by atoms with van der Waals surface area (Å²) in [4.78, 5) is 27.1. The van der Waals surface area contributed by atoms with Crippen molar-refractivity contribution in [2.75, 3.05) is 27.6 Å². The van der Waals surface area contributed by atoms with E-state index >= 15 is 0 Å². The molecule has 1 aliphatic carbocycles. The maximum atomic E-state index is 13.6. The van der Waals surface area contributed by atoms with Gasteiger partial charge in [-0.25, -0.2) is 0 Å². The molecule has 0 spiro atoms. The van der Waals surface area contributed by atoms with Crippen LogP contribution in [0.4, 0.5) is 0 Å². The molecule has 2 aliphatic rings. The highest BCUT2D eigenvalue weighted by Crippen LogP contribution is 2.46. The first kappa shape index (κ1) is 19.4. The van der Waals surface area contributed by atoms with Crippen LogP contribution in [0.15, 0.2) is 29.1 Å². The van der Waals surface area contributed by atoms with Gasteiger partial charge in [-0.2, -0.15) is 0 Å². The van der Waals surface area contributed by atoms with Gasteiger partial charge in [0.25, 0.3) is 5.56 Å². The Bertz CT molecular complexity index is 1290. The molecule has 31 heavy (non-hydrogen) atoms. The van der Waals surface area contributed by atoms with E-state index in [9.17, 15) is 9.59 Å². The molecule has 2 aromatic carbocycles. The van der Waals surface area contributed by atoms with E-state index < -0.39 is 0 Å². The third-order valence-electron chi connectivity index (χ3n) is 5.85. The molecule has 2 N–H and O–H groups in total. The number of hydrogen-bond donors (Lipinski definition) is 1. The van der Waals surface area contributed by atoms with Crippen LogP contribution in [-0.2, 0) is 6.54 Å². The van der Waals surface area contributed by atoms with E-state index in [2.05, 4.69) is 0 Å². The summed E-state index contributed by atoms with van der Waals surface area (Å²) in [7, 11) is 3.03. The van der Waals surface area contributed by atoms with Crippen molar-refractivity contribution in [1.82, 2.24) is 4.57 Å². The summed E-state index contributed by atoms with van der Waals surface area (Å²) >= 11 is 0. The van der Waals surface area contributed by atoms with Gasteiger partial charge in [-0.15, -0.1) is 0 Å². The monoisotopic (exact) mass is 422 g/mol. The summed E-state index contributed by atoms with van der Waals surface area (Å²) in [6, 6.07) is 6.82. The van der Waals surface area contributed by atoms with Gasteiger partial charge in [-0.1, -0.05) is 0 Å². The van der Waals surface area contributed by atoms with Gasteiger partial charge in [-0.3, -0.25) is 9.59 Å². The molecule has 3 aromatic rings. The number of fused-ring (bicyclic) bond motifs is 6. The smallest absolute Gasteiger partial charge is 0.259 e. The molecule has 0 atom stereocenters. The number of unbranched alkanes of at least 4 members (excludes halogenated alkanes) is 1. The van der Waals surface area contributed by atoms with Gasteiger partial charge in [0, 0.05) is 23.1 Å². The largest absolute Gasteiger partial charge is 0.493 e. The molecule has 8 nitrogen and oxygen atoms in total. The number of ketones is 1. The van der Waals surface area contributed by atoms with Crippen LogP contribution in [0, 0.1) is 0 Å². The molecule has 0 unspecified atom stereocenters. The van der Waals surface area contributed by atoms with Crippen LogP contribution in [-0.4, -0.2) is 37.9 Å². The number of nitrogens with zero attached hydrogens (tertiary/aromatic N) is 1. The van der Waals surface area contributed by atoms with Gasteiger partial charge in [0.15, 0.2) is 28.8 Å². The van der Waals surface area contributed by atoms with Crippen LogP contribution >= 0.6 is 0 Å². The molecule has 0 radical (unpaired) electrons. The third-order valence-corrected chi connectivity index (χ3v) is 5.85. The summed E-state index contributed by atoms with van der Waals surface area (Å²) in [5.74, 6) is 1.82. The van der Waals surface area contributed by atoms with Crippen molar-refractivity contribution < 1.29 is 23.7 Å². The number of methoxy groups -OCH3 is 2. The number of nitrogens with two attached hydrogens (primary N) is 1. The van der Waals surface area contributed by atoms with Crippen molar-refractivity contribution in [2.24, 2.45) is 5.73 Å². The zero-order valence-electron chi connectivity index (χ0n) is 17.3. The van der Waals surface area contributed by atoms with Crippen LogP contribution in [0.3, 0.4) is 0 Å². The quantitative estimate of drug-likeness (QED) is 0.477. The van der Waals surface area contributed by atoms with E-state index in [1.807, 2.05) is 0 Å². The number of aromatic nitrogens is 1. The molecule has 0 amide bonds. The minimum atomic E-state index is -0.190. The van der Waals surface area contributed by atoms with Gasteiger partial charge in [-0.05, 0) is 43.7 Å². The van der Waals surface area contributed by atoms with Crippen molar-refractivity contribution in [2.45, 2.75) is 19.4 Å². The predicted molar refractivity (Wildman–Crippen MR) is 115 cm³/mol. The Hall–Kier alpha value is -3.52. The third kappa shape index (κ3) is 2.79. The molecule has 0 bridgehead atoms. The molecule has 2 heterocycles. The van der Waals surface area contributed by atoms with Crippen LogP contribution in [0.5, 0.6) is 23.0 Å². The van der Waals surface area contributed by atoms with E-state index in [1.54, 1.807) is 28.8 Å². The summed E-state index contributed by atoms with van der Waals surface area (Å²) < 4.78 is 23.5.